The first-order valence-corrected chi connectivity index (χ1v) is 11.3. The van der Waals surface area contributed by atoms with Crippen molar-refractivity contribution in [1.82, 2.24) is 15.2 Å². The van der Waals surface area contributed by atoms with Crippen molar-refractivity contribution in [3.63, 3.8) is 0 Å². The number of hydrogen-bond donors (Lipinski definition) is 1. The summed E-state index contributed by atoms with van der Waals surface area (Å²) in [6.45, 7) is 0. The quantitative estimate of drug-likeness (QED) is 0.258. The number of nitrogens with zero attached hydrogens (tertiary/aromatic N) is 3. The lowest BCUT2D eigenvalue weighted by atomic mass is 10.1. The lowest BCUT2D eigenvalue weighted by Crippen LogP contribution is -2.04. The van der Waals surface area contributed by atoms with Crippen molar-refractivity contribution in [2.24, 2.45) is 0 Å². The minimum atomic E-state index is -4.39. The van der Waals surface area contributed by atoms with Gasteiger partial charge in [-0.2, -0.15) is 13.2 Å². The van der Waals surface area contributed by atoms with Gasteiger partial charge in [-0.1, -0.05) is 35.4 Å². The van der Waals surface area contributed by atoms with Crippen LogP contribution in [-0.4, -0.2) is 15.2 Å². The number of halogens is 3. The number of nitrogens with one attached hydrogen (secondary N) is 1. The van der Waals surface area contributed by atoms with E-state index >= 15 is 0 Å². The molecule has 5 nitrogen and oxygen atoms in total. The molecule has 34 heavy (non-hydrogen) atoms. The van der Waals surface area contributed by atoms with Crippen LogP contribution >= 0.6 is 11.8 Å². The van der Waals surface area contributed by atoms with Gasteiger partial charge in [-0.05, 0) is 54.1 Å². The fourth-order valence-electron chi connectivity index (χ4n) is 3.45. The SMILES string of the molecule is FC(F)(F)c1ccc(Nc2nnc(-c3ccccc3SCc3ccnc4ccccc34)o2)cc1. The Kier molecular flexibility index (Phi) is 5.93. The van der Waals surface area contributed by atoms with Crippen LogP contribution in [0, 0.1) is 0 Å². The molecule has 0 atom stereocenters. The van der Waals surface area contributed by atoms with Crippen LogP contribution in [0.15, 0.2) is 94.4 Å². The molecule has 0 aliphatic heterocycles. The van der Waals surface area contributed by atoms with E-state index in [-0.39, 0.29) is 6.01 Å². The third kappa shape index (κ3) is 4.74. The van der Waals surface area contributed by atoms with E-state index in [1.165, 1.54) is 17.7 Å². The zero-order valence-corrected chi connectivity index (χ0v) is 18.4. The van der Waals surface area contributed by atoms with Crippen LogP contribution in [0.5, 0.6) is 0 Å². The van der Waals surface area contributed by atoms with Crippen LogP contribution in [0.2, 0.25) is 0 Å². The first kappa shape index (κ1) is 22.0. The largest absolute Gasteiger partial charge is 0.416 e. The van der Waals surface area contributed by atoms with E-state index in [9.17, 15) is 13.2 Å². The Labute approximate surface area is 197 Å². The number of aromatic nitrogens is 3. The Morgan fingerprint density at radius 2 is 1.62 bits per heavy atom. The Bertz CT molecular complexity index is 1430. The average molecular weight is 478 g/mol. The summed E-state index contributed by atoms with van der Waals surface area (Å²) in [5, 5.41) is 12.1. The van der Waals surface area contributed by atoms with Crippen molar-refractivity contribution in [1.29, 1.82) is 0 Å². The molecular weight excluding hydrogens is 461 g/mol. The highest BCUT2D eigenvalue weighted by molar-refractivity contribution is 7.98. The molecule has 0 spiro atoms. The van der Waals surface area contributed by atoms with Gasteiger partial charge in [0.1, 0.15) is 0 Å². The fraction of sp³-hybridized carbons (Fsp3) is 0.0800. The van der Waals surface area contributed by atoms with Crippen LogP contribution in [0.3, 0.4) is 0 Å². The standard InChI is InChI=1S/C25H17F3N4OS/c26-25(27,28)17-9-11-18(12-10-17)30-24-32-31-23(33-24)20-6-2-4-8-22(20)34-15-16-13-14-29-21-7-3-1-5-19(16)21/h1-14H,15H2,(H,30,32). The maximum Gasteiger partial charge on any atom is 0.416 e. The highest BCUT2D eigenvalue weighted by atomic mass is 32.2. The highest BCUT2D eigenvalue weighted by Gasteiger charge is 2.30. The van der Waals surface area contributed by atoms with Gasteiger partial charge in [0, 0.05) is 27.9 Å². The number of hydrogen-bond acceptors (Lipinski definition) is 6. The molecule has 0 fully saturated rings. The highest BCUT2D eigenvalue weighted by Crippen LogP contribution is 2.35. The van der Waals surface area contributed by atoms with Gasteiger partial charge in [0.05, 0.1) is 16.6 Å². The van der Waals surface area contributed by atoms with Crippen molar-refractivity contribution in [2.75, 3.05) is 5.32 Å². The van der Waals surface area contributed by atoms with E-state index in [1.54, 1.807) is 18.0 Å². The summed E-state index contributed by atoms with van der Waals surface area (Å²) in [5.74, 6) is 1.04. The molecule has 0 amide bonds. The summed E-state index contributed by atoms with van der Waals surface area (Å²) in [6, 6.07) is 22.4. The second-order valence-electron chi connectivity index (χ2n) is 7.38. The molecule has 0 bridgehead atoms. The van der Waals surface area contributed by atoms with Crippen molar-refractivity contribution in [3.05, 3.63) is 96.2 Å². The predicted molar refractivity (Wildman–Crippen MR) is 126 cm³/mol. The number of fused-ring (bicyclic) bond motifs is 1. The number of anilines is 2. The second-order valence-corrected chi connectivity index (χ2v) is 8.40. The molecule has 0 aliphatic rings. The van der Waals surface area contributed by atoms with Gasteiger partial charge in [0.15, 0.2) is 0 Å². The first-order chi connectivity index (χ1) is 16.5. The van der Waals surface area contributed by atoms with Crippen LogP contribution in [0.25, 0.3) is 22.4 Å². The van der Waals surface area contributed by atoms with E-state index in [0.717, 1.165) is 39.2 Å². The third-order valence-electron chi connectivity index (χ3n) is 5.13. The van der Waals surface area contributed by atoms with Crippen LogP contribution in [-0.2, 0) is 11.9 Å². The zero-order chi connectivity index (χ0) is 23.5. The molecule has 5 rings (SSSR count). The molecule has 0 saturated heterocycles. The normalized spacial score (nSPS) is 11.6. The van der Waals surface area contributed by atoms with E-state index in [1.807, 2.05) is 48.5 Å². The Hall–Kier alpha value is -3.85. The lowest BCUT2D eigenvalue weighted by Gasteiger charge is -2.08. The first-order valence-electron chi connectivity index (χ1n) is 10.3. The third-order valence-corrected chi connectivity index (χ3v) is 6.25. The molecule has 2 aromatic heterocycles. The Balaban J connectivity index is 1.34. The molecule has 0 unspecified atom stereocenters. The second kappa shape index (κ2) is 9.18. The van der Waals surface area contributed by atoms with Crippen LogP contribution in [0.1, 0.15) is 11.1 Å². The van der Waals surface area contributed by atoms with Gasteiger partial charge >= 0.3 is 12.2 Å². The molecule has 2 heterocycles. The molecule has 0 radical (unpaired) electrons. The summed E-state index contributed by atoms with van der Waals surface area (Å²) in [4.78, 5) is 5.38. The van der Waals surface area contributed by atoms with Crippen LogP contribution < -0.4 is 5.32 Å². The summed E-state index contributed by atoms with van der Waals surface area (Å²) in [6.07, 6.45) is -2.58. The summed E-state index contributed by atoms with van der Waals surface area (Å²) in [5.41, 5.74) is 2.58. The molecule has 5 aromatic rings. The monoisotopic (exact) mass is 478 g/mol. The number of pyridine rings is 1. The fourth-order valence-corrected chi connectivity index (χ4v) is 4.50. The number of benzene rings is 3. The van der Waals surface area contributed by atoms with Gasteiger partial charge in [0.2, 0.25) is 0 Å². The molecule has 170 valence electrons. The van der Waals surface area contributed by atoms with Crippen LogP contribution in [0.4, 0.5) is 24.9 Å². The van der Waals surface area contributed by atoms with Gasteiger partial charge in [-0.25, -0.2) is 0 Å². The van der Waals surface area contributed by atoms with Crippen molar-refractivity contribution in [2.45, 2.75) is 16.8 Å². The maximum absolute atomic E-state index is 12.8. The van der Waals surface area contributed by atoms with Gasteiger partial charge in [-0.15, -0.1) is 16.9 Å². The lowest BCUT2D eigenvalue weighted by molar-refractivity contribution is -0.137. The van der Waals surface area contributed by atoms with E-state index in [2.05, 4.69) is 26.6 Å². The van der Waals surface area contributed by atoms with Gasteiger partial charge in [-0.3, -0.25) is 4.98 Å². The molecule has 9 heteroatoms. The average Bonchev–Trinajstić information content (AvgIpc) is 3.31. The van der Waals surface area contributed by atoms with Crippen molar-refractivity contribution >= 4 is 34.4 Å². The maximum atomic E-state index is 12.8. The molecular formula is C25H17F3N4OS. The number of alkyl halides is 3. The van der Waals surface area contributed by atoms with Gasteiger partial charge in [0.25, 0.3) is 5.89 Å². The number of thioether (sulfide) groups is 1. The molecule has 1 N–H and O–H groups in total. The Morgan fingerprint density at radius 3 is 2.44 bits per heavy atom. The van der Waals surface area contributed by atoms with Crippen molar-refractivity contribution in [3.8, 4) is 11.5 Å². The van der Waals surface area contributed by atoms with Gasteiger partial charge < -0.3 is 9.73 Å². The summed E-state index contributed by atoms with van der Waals surface area (Å²) >= 11 is 1.64. The minimum Gasteiger partial charge on any atom is -0.403 e. The van der Waals surface area contributed by atoms with Crippen molar-refractivity contribution < 1.29 is 17.6 Å². The molecule has 0 aliphatic carbocycles. The summed E-state index contributed by atoms with van der Waals surface area (Å²) in [7, 11) is 0. The topological polar surface area (TPSA) is 63.8 Å². The smallest absolute Gasteiger partial charge is 0.403 e. The van der Waals surface area contributed by atoms with E-state index in [4.69, 9.17) is 4.42 Å². The Morgan fingerprint density at radius 1 is 0.853 bits per heavy atom. The van der Waals surface area contributed by atoms with E-state index in [0.29, 0.717) is 11.6 Å². The number of rotatable bonds is 6. The summed E-state index contributed by atoms with van der Waals surface area (Å²) < 4.78 is 44.0. The zero-order valence-electron chi connectivity index (χ0n) is 17.6. The molecule has 0 saturated carbocycles. The van der Waals surface area contributed by atoms with E-state index < -0.39 is 11.7 Å². The molecule has 3 aromatic carbocycles. The predicted octanol–water partition coefficient (Wildman–Crippen LogP) is 7.34. The number of para-hydroxylation sites is 1. The minimum absolute atomic E-state index is 0.0923.